The third-order valence-corrected chi connectivity index (χ3v) is 3.86. The van der Waals surface area contributed by atoms with Gasteiger partial charge in [0.15, 0.2) is 0 Å². The van der Waals surface area contributed by atoms with Crippen LogP contribution in [0.4, 0.5) is 0 Å². The maximum Gasteiger partial charge on any atom is 0.128 e. The van der Waals surface area contributed by atoms with Crippen molar-refractivity contribution in [2.24, 2.45) is 0 Å². The highest BCUT2D eigenvalue weighted by molar-refractivity contribution is 5.56. The number of aryl methyl sites for hydroxylation is 1. The molecule has 0 saturated heterocycles. The summed E-state index contributed by atoms with van der Waals surface area (Å²) in [6.07, 6.45) is 3.47. The number of benzene rings is 1. The molecular weight excluding hydrogens is 242 g/mol. The van der Waals surface area contributed by atoms with Crippen LogP contribution in [0.5, 0.6) is 11.5 Å². The van der Waals surface area contributed by atoms with E-state index in [1.165, 1.54) is 5.56 Å². The monoisotopic (exact) mass is 263 g/mol. The molecule has 4 heteroatoms. The fourth-order valence-corrected chi connectivity index (χ4v) is 3.01. The highest BCUT2D eigenvalue weighted by atomic mass is 16.5. The molecule has 1 aromatic carbocycles. The summed E-state index contributed by atoms with van der Waals surface area (Å²) in [7, 11) is 1.85. The number of hydrogen-bond acceptors (Lipinski definition) is 4. The smallest absolute Gasteiger partial charge is 0.128 e. The largest absolute Gasteiger partial charge is 0.493 e. The van der Waals surface area contributed by atoms with E-state index < -0.39 is 6.10 Å². The highest BCUT2D eigenvalue weighted by Crippen LogP contribution is 2.42. The summed E-state index contributed by atoms with van der Waals surface area (Å²) in [6, 6.07) is 2.11. The van der Waals surface area contributed by atoms with Crippen LogP contribution in [-0.2, 0) is 12.8 Å². The van der Waals surface area contributed by atoms with Crippen LogP contribution in [0.2, 0.25) is 0 Å². The number of aliphatic hydroxyl groups is 1. The SMILES string of the molecule is CNCC(O)c1c2c(cc3c1OCCC3)OCCC2. The van der Waals surface area contributed by atoms with E-state index in [0.29, 0.717) is 6.54 Å². The van der Waals surface area contributed by atoms with Crippen LogP contribution in [0.3, 0.4) is 0 Å². The van der Waals surface area contributed by atoms with Crippen LogP contribution in [0, 0.1) is 0 Å². The molecule has 1 unspecified atom stereocenters. The lowest BCUT2D eigenvalue weighted by Crippen LogP contribution is -2.23. The lowest BCUT2D eigenvalue weighted by Gasteiger charge is -2.29. The zero-order valence-electron chi connectivity index (χ0n) is 11.4. The predicted molar refractivity (Wildman–Crippen MR) is 73.0 cm³/mol. The molecule has 2 N–H and O–H groups in total. The lowest BCUT2D eigenvalue weighted by molar-refractivity contribution is 0.165. The second kappa shape index (κ2) is 5.39. The second-order valence-electron chi connectivity index (χ2n) is 5.23. The minimum Gasteiger partial charge on any atom is -0.493 e. The number of likely N-dealkylation sites (N-methyl/N-ethyl adjacent to an activating group) is 1. The van der Waals surface area contributed by atoms with E-state index >= 15 is 0 Å². The third-order valence-electron chi connectivity index (χ3n) is 3.86. The van der Waals surface area contributed by atoms with E-state index in [0.717, 1.165) is 61.5 Å². The first-order valence-electron chi connectivity index (χ1n) is 7.08. The standard InChI is InChI=1S/C15H21NO3/c1-16-9-12(17)14-11-5-3-6-18-13(11)8-10-4-2-7-19-15(10)14/h8,12,16-17H,2-7,9H2,1H3. The van der Waals surface area contributed by atoms with Gasteiger partial charge in [-0.2, -0.15) is 0 Å². The average molecular weight is 263 g/mol. The Labute approximate surface area is 113 Å². The predicted octanol–water partition coefficient (Wildman–Crippen LogP) is 1.59. The van der Waals surface area contributed by atoms with Crippen LogP contribution in [-0.4, -0.2) is 31.9 Å². The summed E-state index contributed by atoms with van der Waals surface area (Å²) < 4.78 is 11.6. The first-order chi connectivity index (χ1) is 9.31. The van der Waals surface area contributed by atoms with Gasteiger partial charge in [-0.15, -0.1) is 0 Å². The molecule has 0 saturated carbocycles. The van der Waals surface area contributed by atoms with Gasteiger partial charge in [-0.3, -0.25) is 0 Å². The van der Waals surface area contributed by atoms with Gasteiger partial charge in [-0.1, -0.05) is 0 Å². The van der Waals surface area contributed by atoms with Crippen LogP contribution in [0.25, 0.3) is 0 Å². The minimum atomic E-state index is -0.534. The van der Waals surface area contributed by atoms with Gasteiger partial charge in [-0.05, 0) is 44.4 Å². The molecule has 2 aliphatic heterocycles. The van der Waals surface area contributed by atoms with Gasteiger partial charge >= 0.3 is 0 Å². The summed E-state index contributed by atoms with van der Waals surface area (Å²) in [5, 5.41) is 13.5. The Kier molecular flexibility index (Phi) is 3.62. The van der Waals surface area contributed by atoms with Gasteiger partial charge in [0.05, 0.1) is 19.3 Å². The zero-order chi connectivity index (χ0) is 13.2. The average Bonchev–Trinajstić information content (AvgIpc) is 2.44. The molecule has 0 spiro atoms. The summed E-state index contributed by atoms with van der Waals surface area (Å²) in [4.78, 5) is 0. The van der Waals surface area contributed by atoms with Gasteiger partial charge in [0.25, 0.3) is 0 Å². The Bertz CT molecular complexity index is 439. The van der Waals surface area contributed by atoms with Gasteiger partial charge in [0.2, 0.25) is 0 Å². The maximum atomic E-state index is 10.4. The Morgan fingerprint density at radius 1 is 1.26 bits per heavy atom. The minimum absolute atomic E-state index is 0.534. The summed E-state index contributed by atoms with van der Waals surface area (Å²) in [6.45, 7) is 2.05. The topological polar surface area (TPSA) is 50.7 Å². The normalized spacial score (nSPS) is 18.8. The molecule has 0 fully saturated rings. The summed E-state index contributed by atoms with van der Waals surface area (Å²) in [5.41, 5.74) is 3.26. The molecular formula is C15H21NO3. The van der Waals surface area contributed by atoms with Crippen molar-refractivity contribution in [2.75, 3.05) is 26.8 Å². The van der Waals surface area contributed by atoms with Gasteiger partial charge < -0.3 is 19.9 Å². The Hall–Kier alpha value is -1.26. The fraction of sp³-hybridized carbons (Fsp3) is 0.600. The Balaban J connectivity index is 2.11. The summed E-state index contributed by atoms with van der Waals surface area (Å²) in [5.74, 6) is 1.85. The lowest BCUT2D eigenvalue weighted by atomic mass is 9.90. The van der Waals surface area contributed by atoms with Gasteiger partial charge in [0.1, 0.15) is 11.5 Å². The van der Waals surface area contributed by atoms with Crippen molar-refractivity contribution >= 4 is 0 Å². The molecule has 0 amide bonds. The maximum absolute atomic E-state index is 10.4. The van der Waals surface area contributed by atoms with Crippen molar-refractivity contribution in [3.8, 4) is 11.5 Å². The molecule has 0 aliphatic carbocycles. The number of aliphatic hydroxyl groups excluding tert-OH is 1. The fourth-order valence-electron chi connectivity index (χ4n) is 3.01. The van der Waals surface area contributed by atoms with Crippen molar-refractivity contribution < 1.29 is 14.6 Å². The molecule has 0 aromatic heterocycles. The molecule has 1 atom stereocenters. The number of ether oxygens (including phenoxy) is 2. The first kappa shape index (κ1) is 12.8. The Morgan fingerprint density at radius 2 is 2.05 bits per heavy atom. The van der Waals surface area contributed by atoms with Gasteiger partial charge in [-0.25, -0.2) is 0 Å². The molecule has 104 valence electrons. The van der Waals surface area contributed by atoms with Crippen molar-refractivity contribution in [3.05, 3.63) is 22.8 Å². The third kappa shape index (κ3) is 2.30. The number of hydrogen-bond donors (Lipinski definition) is 2. The molecule has 1 aromatic rings. The molecule has 3 rings (SSSR count). The molecule has 2 heterocycles. The van der Waals surface area contributed by atoms with Gasteiger partial charge in [0, 0.05) is 17.7 Å². The van der Waals surface area contributed by atoms with Crippen molar-refractivity contribution in [2.45, 2.75) is 31.8 Å². The quantitative estimate of drug-likeness (QED) is 0.869. The first-order valence-corrected chi connectivity index (χ1v) is 7.08. The molecule has 2 aliphatic rings. The number of nitrogens with one attached hydrogen (secondary N) is 1. The van der Waals surface area contributed by atoms with Crippen LogP contribution in [0.15, 0.2) is 6.07 Å². The molecule has 0 bridgehead atoms. The second-order valence-corrected chi connectivity index (χ2v) is 5.23. The van der Waals surface area contributed by atoms with Crippen LogP contribution >= 0.6 is 0 Å². The van der Waals surface area contributed by atoms with Crippen molar-refractivity contribution in [1.29, 1.82) is 0 Å². The summed E-state index contributed by atoms with van der Waals surface area (Å²) >= 11 is 0. The molecule has 19 heavy (non-hydrogen) atoms. The van der Waals surface area contributed by atoms with Crippen LogP contribution in [0.1, 0.15) is 35.6 Å². The van der Waals surface area contributed by atoms with E-state index in [1.807, 2.05) is 7.05 Å². The zero-order valence-corrected chi connectivity index (χ0v) is 11.4. The van der Waals surface area contributed by atoms with Crippen molar-refractivity contribution in [1.82, 2.24) is 5.32 Å². The molecule has 4 nitrogen and oxygen atoms in total. The van der Waals surface area contributed by atoms with E-state index in [4.69, 9.17) is 9.47 Å². The highest BCUT2D eigenvalue weighted by Gasteiger charge is 2.27. The Morgan fingerprint density at radius 3 is 2.89 bits per heavy atom. The van der Waals surface area contributed by atoms with E-state index in [9.17, 15) is 5.11 Å². The van der Waals surface area contributed by atoms with E-state index in [1.54, 1.807) is 0 Å². The number of fused-ring (bicyclic) bond motifs is 2. The van der Waals surface area contributed by atoms with E-state index in [2.05, 4.69) is 11.4 Å². The number of rotatable bonds is 3. The van der Waals surface area contributed by atoms with Crippen molar-refractivity contribution in [3.63, 3.8) is 0 Å². The van der Waals surface area contributed by atoms with Crippen LogP contribution < -0.4 is 14.8 Å². The molecule has 0 radical (unpaired) electrons. The van der Waals surface area contributed by atoms with E-state index in [-0.39, 0.29) is 0 Å².